The molecule has 0 spiro atoms. The summed E-state index contributed by atoms with van der Waals surface area (Å²) < 4.78 is 11.2. The first-order valence-electron chi connectivity index (χ1n) is 6.00. The monoisotopic (exact) mass is 210 g/mol. The molecule has 3 rings (SSSR count). The second-order valence-electron chi connectivity index (χ2n) is 5.27. The number of ether oxygens (including phenoxy) is 2. The van der Waals surface area contributed by atoms with Gasteiger partial charge >= 0.3 is 0 Å². The summed E-state index contributed by atoms with van der Waals surface area (Å²) in [5.41, 5.74) is 0. The van der Waals surface area contributed by atoms with E-state index in [-0.39, 0.29) is 6.29 Å². The first-order chi connectivity index (χ1) is 7.25. The average Bonchev–Trinajstić information content (AvgIpc) is 2.80. The molecule has 0 aromatic carbocycles. The second-order valence-corrected chi connectivity index (χ2v) is 5.27. The molecule has 3 nitrogen and oxygen atoms in total. The SMILES string of the molecule is CC1CC2CC(=O)CC2C1C1OCCO1. The van der Waals surface area contributed by atoms with E-state index in [4.69, 9.17) is 9.47 Å². The van der Waals surface area contributed by atoms with Gasteiger partial charge < -0.3 is 9.47 Å². The van der Waals surface area contributed by atoms with Crippen molar-refractivity contribution >= 4 is 5.78 Å². The third-order valence-electron chi connectivity index (χ3n) is 4.35. The minimum absolute atomic E-state index is 0.0269. The molecular weight excluding hydrogens is 192 g/mol. The van der Waals surface area contributed by atoms with Gasteiger partial charge in [0.1, 0.15) is 5.78 Å². The lowest BCUT2D eigenvalue weighted by molar-refractivity contribution is -0.120. The van der Waals surface area contributed by atoms with Gasteiger partial charge in [-0.25, -0.2) is 0 Å². The van der Waals surface area contributed by atoms with Crippen molar-refractivity contribution in [2.24, 2.45) is 23.7 Å². The lowest BCUT2D eigenvalue weighted by atomic mass is 9.88. The van der Waals surface area contributed by atoms with E-state index in [0.29, 0.717) is 29.5 Å². The predicted molar refractivity (Wildman–Crippen MR) is 54.2 cm³/mol. The van der Waals surface area contributed by atoms with E-state index in [0.717, 1.165) is 26.1 Å². The van der Waals surface area contributed by atoms with Gasteiger partial charge in [0.15, 0.2) is 6.29 Å². The summed E-state index contributed by atoms with van der Waals surface area (Å²) in [6, 6.07) is 0. The number of ketones is 1. The Morgan fingerprint density at radius 1 is 1.20 bits per heavy atom. The van der Waals surface area contributed by atoms with Gasteiger partial charge in [-0.15, -0.1) is 0 Å². The van der Waals surface area contributed by atoms with E-state index in [1.807, 2.05) is 0 Å². The van der Waals surface area contributed by atoms with Gasteiger partial charge in [0.2, 0.25) is 0 Å². The number of hydrogen-bond acceptors (Lipinski definition) is 3. The highest BCUT2D eigenvalue weighted by molar-refractivity contribution is 5.81. The van der Waals surface area contributed by atoms with Crippen LogP contribution in [0.1, 0.15) is 26.2 Å². The highest BCUT2D eigenvalue weighted by Gasteiger charge is 2.50. The smallest absolute Gasteiger partial charge is 0.161 e. The molecule has 84 valence electrons. The van der Waals surface area contributed by atoms with Gasteiger partial charge in [-0.05, 0) is 24.2 Å². The molecule has 3 heteroatoms. The van der Waals surface area contributed by atoms with Crippen LogP contribution < -0.4 is 0 Å². The first kappa shape index (κ1) is 9.79. The second kappa shape index (κ2) is 3.56. The van der Waals surface area contributed by atoms with E-state index in [9.17, 15) is 4.79 Å². The van der Waals surface area contributed by atoms with Crippen LogP contribution in [-0.2, 0) is 14.3 Å². The maximum absolute atomic E-state index is 11.4. The molecule has 0 radical (unpaired) electrons. The first-order valence-corrected chi connectivity index (χ1v) is 6.00. The van der Waals surface area contributed by atoms with Crippen molar-refractivity contribution in [3.63, 3.8) is 0 Å². The normalized spacial score (nSPS) is 46.3. The van der Waals surface area contributed by atoms with E-state index in [2.05, 4.69) is 6.92 Å². The lowest BCUT2D eigenvalue weighted by Crippen LogP contribution is -2.29. The van der Waals surface area contributed by atoms with Gasteiger partial charge in [-0.3, -0.25) is 4.79 Å². The zero-order chi connectivity index (χ0) is 10.4. The summed E-state index contributed by atoms with van der Waals surface area (Å²) in [5.74, 6) is 2.71. The van der Waals surface area contributed by atoms with Crippen molar-refractivity contribution in [1.29, 1.82) is 0 Å². The van der Waals surface area contributed by atoms with E-state index >= 15 is 0 Å². The Bertz CT molecular complexity index is 270. The number of hydrogen-bond donors (Lipinski definition) is 0. The van der Waals surface area contributed by atoms with E-state index in [1.165, 1.54) is 6.42 Å². The molecule has 4 atom stereocenters. The summed E-state index contributed by atoms with van der Waals surface area (Å²) in [4.78, 5) is 11.4. The molecule has 1 aliphatic heterocycles. The van der Waals surface area contributed by atoms with Crippen molar-refractivity contribution in [2.75, 3.05) is 13.2 Å². The molecule has 2 aliphatic carbocycles. The topological polar surface area (TPSA) is 35.5 Å². The molecule has 0 amide bonds. The van der Waals surface area contributed by atoms with Crippen molar-refractivity contribution in [2.45, 2.75) is 32.5 Å². The molecule has 1 saturated heterocycles. The number of carbonyl (C=O) groups excluding carboxylic acids is 1. The fourth-order valence-electron chi connectivity index (χ4n) is 3.79. The van der Waals surface area contributed by atoms with Crippen LogP contribution in [0.3, 0.4) is 0 Å². The highest BCUT2D eigenvalue weighted by atomic mass is 16.7. The molecule has 3 aliphatic rings. The Kier molecular flexibility index (Phi) is 2.33. The molecule has 0 aromatic heterocycles. The number of carbonyl (C=O) groups is 1. The van der Waals surface area contributed by atoms with Crippen molar-refractivity contribution in [1.82, 2.24) is 0 Å². The summed E-state index contributed by atoms with van der Waals surface area (Å²) >= 11 is 0. The minimum atomic E-state index is -0.0269. The van der Waals surface area contributed by atoms with Crippen LogP contribution in [0.15, 0.2) is 0 Å². The third-order valence-corrected chi connectivity index (χ3v) is 4.35. The number of Topliss-reactive ketones (excluding diaryl/α,β-unsaturated/α-hetero) is 1. The van der Waals surface area contributed by atoms with Gasteiger partial charge in [-0.2, -0.15) is 0 Å². The largest absolute Gasteiger partial charge is 0.350 e. The van der Waals surface area contributed by atoms with Crippen LogP contribution in [0.25, 0.3) is 0 Å². The molecule has 1 heterocycles. The maximum atomic E-state index is 11.4. The van der Waals surface area contributed by atoms with Crippen LogP contribution >= 0.6 is 0 Å². The summed E-state index contributed by atoms with van der Waals surface area (Å²) in [7, 11) is 0. The molecule has 2 saturated carbocycles. The molecular formula is C12H18O3. The molecule has 15 heavy (non-hydrogen) atoms. The van der Waals surface area contributed by atoms with Crippen LogP contribution in [0.2, 0.25) is 0 Å². The predicted octanol–water partition coefficient (Wildman–Crippen LogP) is 1.61. The van der Waals surface area contributed by atoms with Crippen LogP contribution in [0.4, 0.5) is 0 Å². The highest BCUT2D eigenvalue weighted by Crippen LogP contribution is 2.51. The lowest BCUT2D eigenvalue weighted by Gasteiger charge is -2.26. The Hall–Kier alpha value is -0.410. The standard InChI is InChI=1S/C12H18O3/c1-7-4-8-5-9(13)6-10(8)11(7)12-14-2-3-15-12/h7-8,10-12H,2-6H2,1H3. The number of fused-ring (bicyclic) bond motifs is 1. The van der Waals surface area contributed by atoms with Gasteiger partial charge in [-0.1, -0.05) is 6.92 Å². The fourth-order valence-corrected chi connectivity index (χ4v) is 3.79. The molecule has 4 unspecified atom stereocenters. The summed E-state index contributed by atoms with van der Waals surface area (Å²) in [5, 5.41) is 0. The molecule has 0 aromatic rings. The minimum Gasteiger partial charge on any atom is -0.350 e. The van der Waals surface area contributed by atoms with Crippen LogP contribution in [0.5, 0.6) is 0 Å². The third kappa shape index (κ3) is 1.53. The average molecular weight is 210 g/mol. The molecule has 0 bridgehead atoms. The Balaban J connectivity index is 1.78. The Morgan fingerprint density at radius 2 is 1.93 bits per heavy atom. The van der Waals surface area contributed by atoms with Gasteiger partial charge in [0, 0.05) is 18.8 Å². The Labute approximate surface area is 90.1 Å². The van der Waals surface area contributed by atoms with Crippen LogP contribution in [-0.4, -0.2) is 25.3 Å². The zero-order valence-corrected chi connectivity index (χ0v) is 9.15. The fraction of sp³-hybridized carbons (Fsp3) is 0.917. The molecule has 0 N–H and O–H groups in total. The summed E-state index contributed by atoms with van der Waals surface area (Å²) in [6.07, 6.45) is 2.73. The number of rotatable bonds is 1. The quantitative estimate of drug-likeness (QED) is 0.659. The molecule has 3 fully saturated rings. The Morgan fingerprint density at radius 3 is 2.67 bits per heavy atom. The van der Waals surface area contributed by atoms with E-state index in [1.54, 1.807) is 0 Å². The van der Waals surface area contributed by atoms with Crippen molar-refractivity contribution in [3.05, 3.63) is 0 Å². The van der Waals surface area contributed by atoms with Gasteiger partial charge in [0.05, 0.1) is 13.2 Å². The van der Waals surface area contributed by atoms with Gasteiger partial charge in [0.25, 0.3) is 0 Å². The van der Waals surface area contributed by atoms with E-state index < -0.39 is 0 Å². The van der Waals surface area contributed by atoms with Crippen molar-refractivity contribution < 1.29 is 14.3 Å². The zero-order valence-electron chi connectivity index (χ0n) is 9.15. The van der Waals surface area contributed by atoms with Crippen molar-refractivity contribution in [3.8, 4) is 0 Å². The summed E-state index contributed by atoms with van der Waals surface area (Å²) in [6.45, 7) is 3.72. The maximum Gasteiger partial charge on any atom is 0.161 e. The van der Waals surface area contributed by atoms with Crippen LogP contribution in [0, 0.1) is 23.7 Å².